The summed E-state index contributed by atoms with van der Waals surface area (Å²) in [6.07, 6.45) is 1.41. The molecular weight excluding hydrogens is 338 g/mol. The Morgan fingerprint density at radius 3 is 2.48 bits per heavy atom. The zero-order valence-electron chi connectivity index (χ0n) is 15.2. The second-order valence-electron chi connectivity index (χ2n) is 6.67. The molecule has 7 heteroatoms. The van der Waals surface area contributed by atoms with Crippen LogP contribution in [0.2, 0.25) is 0 Å². The van der Waals surface area contributed by atoms with Crippen LogP contribution in [0.3, 0.4) is 0 Å². The largest absolute Gasteiger partial charge is 0.343 e. The lowest BCUT2D eigenvalue weighted by atomic mass is 10.1. The van der Waals surface area contributed by atoms with Crippen molar-refractivity contribution in [2.75, 3.05) is 20.1 Å². The number of rotatable bonds is 5. The highest BCUT2D eigenvalue weighted by molar-refractivity contribution is 7.89. The molecule has 0 saturated carbocycles. The standard InChI is InChI=1S/C18H25N3O3S/c1-13-11-14(2)17(15(3)12-13)25(23,24)21-10-5-7-16(21)18(22)20(4)9-6-8-19/h11-12,16H,5-7,9-10H2,1-4H3. The minimum absolute atomic E-state index is 0.234. The Labute approximate surface area is 150 Å². The van der Waals surface area contributed by atoms with Crippen LogP contribution in [0.15, 0.2) is 17.0 Å². The molecule has 6 nitrogen and oxygen atoms in total. The lowest BCUT2D eigenvalue weighted by molar-refractivity contribution is -0.133. The summed E-state index contributed by atoms with van der Waals surface area (Å²) in [7, 11) is -2.13. The average molecular weight is 363 g/mol. The van der Waals surface area contributed by atoms with Gasteiger partial charge < -0.3 is 4.90 Å². The van der Waals surface area contributed by atoms with E-state index in [0.29, 0.717) is 42.0 Å². The normalized spacial score (nSPS) is 18.1. The number of carbonyl (C=O) groups excluding carboxylic acids is 1. The SMILES string of the molecule is Cc1cc(C)c(S(=O)(=O)N2CCCC2C(=O)N(C)CCC#N)c(C)c1. The zero-order chi connectivity index (χ0) is 18.8. The Morgan fingerprint density at radius 2 is 1.92 bits per heavy atom. The zero-order valence-corrected chi connectivity index (χ0v) is 16.1. The highest BCUT2D eigenvalue weighted by Gasteiger charge is 2.41. The highest BCUT2D eigenvalue weighted by Crippen LogP contribution is 2.31. The summed E-state index contributed by atoms with van der Waals surface area (Å²) in [5.74, 6) is -0.237. The molecule has 25 heavy (non-hydrogen) atoms. The van der Waals surface area contributed by atoms with Crippen molar-refractivity contribution in [3.63, 3.8) is 0 Å². The van der Waals surface area contributed by atoms with Crippen molar-refractivity contribution in [3.05, 3.63) is 28.8 Å². The molecule has 1 aliphatic heterocycles. The van der Waals surface area contributed by atoms with E-state index in [1.807, 2.05) is 25.1 Å². The van der Waals surface area contributed by atoms with Gasteiger partial charge in [0.25, 0.3) is 0 Å². The van der Waals surface area contributed by atoms with Gasteiger partial charge in [0.1, 0.15) is 6.04 Å². The van der Waals surface area contributed by atoms with Crippen LogP contribution in [-0.2, 0) is 14.8 Å². The first-order chi connectivity index (χ1) is 11.7. The lowest BCUT2D eigenvalue weighted by Crippen LogP contribution is -2.46. The number of nitrogens with zero attached hydrogens (tertiary/aromatic N) is 3. The van der Waals surface area contributed by atoms with Crippen LogP contribution in [0, 0.1) is 32.1 Å². The Kier molecular flexibility index (Phi) is 5.86. The van der Waals surface area contributed by atoms with E-state index in [-0.39, 0.29) is 12.3 Å². The smallest absolute Gasteiger partial charge is 0.244 e. The number of benzene rings is 1. The van der Waals surface area contributed by atoms with Crippen LogP contribution in [0.25, 0.3) is 0 Å². The minimum atomic E-state index is -3.74. The third-order valence-electron chi connectivity index (χ3n) is 4.60. The summed E-state index contributed by atoms with van der Waals surface area (Å²) < 4.78 is 27.8. The Morgan fingerprint density at radius 1 is 1.32 bits per heavy atom. The Hall–Kier alpha value is -1.91. The van der Waals surface area contributed by atoms with Crippen LogP contribution < -0.4 is 0 Å². The minimum Gasteiger partial charge on any atom is -0.343 e. The fourth-order valence-electron chi connectivity index (χ4n) is 3.55. The van der Waals surface area contributed by atoms with E-state index in [1.165, 1.54) is 9.21 Å². The van der Waals surface area contributed by atoms with Gasteiger partial charge in [-0.05, 0) is 44.7 Å². The molecule has 0 aromatic heterocycles. The second-order valence-corrected chi connectivity index (χ2v) is 8.50. The topological polar surface area (TPSA) is 81.5 Å². The van der Waals surface area contributed by atoms with E-state index in [9.17, 15) is 13.2 Å². The number of sulfonamides is 1. The van der Waals surface area contributed by atoms with Gasteiger partial charge in [0, 0.05) is 20.1 Å². The first kappa shape index (κ1) is 19.4. The summed E-state index contributed by atoms with van der Waals surface area (Å²) in [4.78, 5) is 14.4. The molecule has 1 aliphatic rings. The third-order valence-corrected chi connectivity index (χ3v) is 6.81. The molecule has 1 saturated heterocycles. The fraction of sp³-hybridized carbons (Fsp3) is 0.556. The van der Waals surface area contributed by atoms with Crippen molar-refractivity contribution in [2.45, 2.75) is 51.0 Å². The number of hydrogen-bond acceptors (Lipinski definition) is 4. The van der Waals surface area contributed by atoms with E-state index in [1.54, 1.807) is 20.9 Å². The van der Waals surface area contributed by atoms with E-state index in [2.05, 4.69) is 0 Å². The number of likely N-dealkylation sites (N-methyl/N-ethyl adjacent to an activating group) is 1. The van der Waals surface area contributed by atoms with Gasteiger partial charge in [0.2, 0.25) is 15.9 Å². The van der Waals surface area contributed by atoms with E-state index < -0.39 is 16.1 Å². The predicted molar refractivity (Wildman–Crippen MR) is 95.4 cm³/mol. The summed E-state index contributed by atoms with van der Waals surface area (Å²) in [6, 6.07) is 5.03. The van der Waals surface area contributed by atoms with Crippen molar-refractivity contribution in [1.82, 2.24) is 9.21 Å². The monoisotopic (exact) mass is 363 g/mol. The molecule has 1 aromatic rings. The molecule has 1 aromatic carbocycles. The van der Waals surface area contributed by atoms with Crippen LogP contribution >= 0.6 is 0 Å². The molecule has 136 valence electrons. The van der Waals surface area contributed by atoms with Crippen molar-refractivity contribution in [1.29, 1.82) is 5.26 Å². The van der Waals surface area contributed by atoms with Gasteiger partial charge >= 0.3 is 0 Å². The molecule has 1 atom stereocenters. The van der Waals surface area contributed by atoms with Crippen LogP contribution in [0.4, 0.5) is 0 Å². The molecule has 1 fully saturated rings. The third kappa shape index (κ3) is 3.86. The van der Waals surface area contributed by atoms with Gasteiger partial charge in [-0.3, -0.25) is 4.79 Å². The van der Waals surface area contributed by atoms with Crippen LogP contribution in [-0.4, -0.2) is 49.7 Å². The maximum Gasteiger partial charge on any atom is 0.244 e. The average Bonchev–Trinajstić information content (AvgIpc) is 3.00. The second kappa shape index (κ2) is 7.54. The molecule has 1 heterocycles. The van der Waals surface area contributed by atoms with Crippen LogP contribution in [0.1, 0.15) is 36.0 Å². The Bertz CT molecular complexity index is 788. The van der Waals surface area contributed by atoms with Gasteiger partial charge in [-0.2, -0.15) is 9.57 Å². The molecule has 0 radical (unpaired) electrons. The molecule has 2 rings (SSSR count). The summed E-state index contributed by atoms with van der Waals surface area (Å²) in [6.45, 7) is 6.17. The first-order valence-corrected chi connectivity index (χ1v) is 9.85. The van der Waals surface area contributed by atoms with E-state index in [4.69, 9.17) is 5.26 Å². The summed E-state index contributed by atoms with van der Waals surface area (Å²) in [5.41, 5.74) is 2.42. The summed E-state index contributed by atoms with van der Waals surface area (Å²) in [5, 5.41) is 8.68. The molecule has 1 unspecified atom stereocenters. The van der Waals surface area contributed by atoms with Gasteiger partial charge in [0.05, 0.1) is 17.4 Å². The van der Waals surface area contributed by atoms with E-state index in [0.717, 1.165) is 5.56 Å². The van der Waals surface area contributed by atoms with Crippen molar-refractivity contribution < 1.29 is 13.2 Å². The lowest BCUT2D eigenvalue weighted by Gasteiger charge is -2.28. The maximum atomic E-state index is 13.2. The van der Waals surface area contributed by atoms with Crippen molar-refractivity contribution in [2.24, 2.45) is 0 Å². The van der Waals surface area contributed by atoms with Crippen molar-refractivity contribution in [3.8, 4) is 6.07 Å². The molecule has 0 spiro atoms. The van der Waals surface area contributed by atoms with Crippen molar-refractivity contribution >= 4 is 15.9 Å². The maximum absolute atomic E-state index is 13.2. The van der Waals surface area contributed by atoms with E-state index >= 15 is 0 Å². The predicted octanol–water partition coefficient (Wildman–Crippen LogP) is 2.14. The first-order valence-electron chi connectivity index (χ1n) is 8.41. The molecule has 1 amide bonds. The quantitative estimate of drug-likeness (QED) is 0.802. The highest BCUT2D eigenvalue weighted by atomic mass is 32.2. The molecular formula is C18H25N3O3S. The van der Waals surface area contributed by atoms with Gasteiger partial charge in [-0.1, -0.05) is 17.7 Å². The van der Waals surface area contributed by atoms with Gasteiger partial charge in [0.15, 0.2) is 0 Å². The number of nitriles is 1. The Balaban J connectivity index is 2.36. The van der Waals surface area contributed by atoms with Gasteiger partial charge in [-0.15, -0.1) is 0 Å². The number of carbonyl (C=O) groups is 1. The molecule has 0 N–H and O–H groups in total. The fourth-order valence-corrected chi connectivity index (χ4v) is 5.61. The van der Waals surface area contributed by atoms with Gasteiger partial charge in [-0.25, -0.2) is 8.42 Å². The number of amides is 1. The molecule has 0 bridgehead atoms. The summed E-state index contributed by atoms with van der Waals surface area (Å²) >= 11 is 0. The van der Waals surface area contributed by atoms with Crippen LogP contribution in [0.5, 0.6) is 0 Å². The number of aryl methyl sites for hydroxylation is 3. The number of hydrogen-bond donors (Lipinski definition) is 0. The molecule has 0 aliphatic carbocycles.